The molecule has 144 valence electrons. The minimum Gasteiger partial charge on any atom is -0.504 e. The van der Waals surface area contributed by atoms with Gasteiger partial charge >= 0.3 is 0 Å². The molecule has 3 rings (SSSR count). The smallest absolute Gasteiger partial charge is 0.252 e. The quantitative estimate of drug-likeness (QED) is 0.510. The molecule has 0 spiro atoms. The van der Waals surface area contributed by atoms with Crippen molar-refractivity contribution in [2.75, 3.05) is 13.3 Å². The highest BCUT2D eigenvalue weighted by Crippen LogP contribution is 2.48. The molecule has 0 bridgehead atoms. The molecule has 26 heavy (non-hydrogen) atoms. The van der Waals surface area contributed by atoms with E-state index in [9.17, 15) is 20.1 Å². The van der Waals surface area contributed by atoms with E-state index in [0.29, 0.717) is 30.2 Å². The Bertz CT molecular complexity index is 693. The molecule has 1 aliphatic carbocycles. The number of carbonyl (C=O) groups excluding carboxylic acids is 1. The first kappa shape index (κ1) is 18.8. The Morgan fingerprint density at radius 3 is 2.65 bits per heavy atom. The molecular formula is C18H26N2O6. The van der Waals surface area contributed by atoms with Crippen LogP contribution in [0.1, 0.15) is 48.5 Å². The Labute approximate surface area is 151 Å². The van der Waals surface area contributed by atoms with Gasteiger partial charge in [0.05, 0.1) is 17.8 Å². The van der Waals surface area contributed by atoms with Crippen molar-refractivity contribution in [3.63, 3.8) is 0 Å². The molecule has 1 fully saturated rings. The number of hydrogen-bond donors (Lipinski definition) is 5. The second kappa shape index (κ2) is 7.30. The molecule has 2 aliphatic rings. The number of phenols is 1. The molecule has 8 nitrogen and oxygen atoms in total. The van der Waals surface area contributed by atoms with Crippen LogP contribution in [0, 0.1) is 5.92 Å². The van der Waals surface area contributed by atoms with Gasteiger partial charge in [-0.15, -0.1) is 0 Å². The summed E-state index contributed by atoms with van der Waals surface area (Å²) in [4.78, 5) is 12.0. The number of aliphatic hydroxyl groups excluding tert-OH is 2. The van der Waals surface area contributed by atoms with Gasteiger partial charge < -0.3 is 35.8 Å². The fraction of sp³-hybridized carbons (Fsp3) is 0.611. The number of aliphatic hydroxyl groups is 2. The number of carbonyl (C=O) groups is 1. The molecule has 0 saturated heterocycles. The van der Waals surface area contributed by atoms with Crippen molar-refractivity contribution in [3.05, 3.63) is 17.2 Å². The van der Waals surface area contributed by atoms with Crippen molar-refractivity contribution < 1.29 is 29.6 Å². The summed E-state index contributed by atoms with van der Waals surface area (Å²) in [6.45, 7) is 4.80. The molecule has 1 aliphatic heterocycles. The van der Waals surface area contributed by atoms with Crippen molar-refractivity contribution >= 4 is 5.91 Å². The van der Waals surface area contributed by atoms with Crippen LogP contribution in [-0.2, 0) is 0 Å². The van der Waals surface area contributed by atoms with E-state index in [0.717, 1.165) is 0 Å². The number of ether oxygens (including phenoxy) is 2. The predicted octanol–water partition coefficient (Wildman–Crippen LogP) is 0.433. The van der Waals surface area contributed by atoms with Crippen molar-refractivity contribution in [2.45, 2.75) is 50.9 Å². The van der Waals surface area contributed by atoms with E-state index in [1.807, 2.05) is 0 Å². The fourth-order valence-corrected chi connectivity index (χ4v) is 3.72. The minimum atomic E-state index is -0.926. The molecule has 1 aromatic rings. The Morgan fingerprint density at radius 1 is 1.31 bits per heavy atom. The van der Waals surface area contributed by atoms with Crippen molar-refractivity contribution in [2.24, 2.45) is 11.7 Å². The second-order valence-corrected chi connectivity index (χ2v) is 7.41. The molecule has 1 saturated carbocycles. The van der Waals surface area contributed by atoms with Crippen LogP contribution in [0.15, 0.2) is 6.07 Å². The zero-order chi connectivity index (χ0) is 19.0. The van der Waals surface area contributed by atoms with E-state index < -0.39 is 18.1 Å². The van der Waals surface area contributed by atoms with Gasteiger partial charge in [0, 0.05) is 12.0 Å². The maximum Gasteiger partial charge on any atom is 0.252 e. The Kier molecular flexibility index (Phi) is 5.27. The highest BCUT2D eigenvalue weighted by atomic mass is 16.7. The summed E-state index contributed by atoms with van der Waals surface area (Å²) in [5, 5.41) is 34.1. The number of primary amides is 1. The number of benzene rings is 1. The van der Waals surface area contributed by atoms with Crippen LogP contribution < -0.4 is 20.5 Å². The van der Waals surface area contributed by atoms with Crippen molar-refractivity contribution in [1.82, 2.24) is 5.32 Å². The molecule has 1 heterocycles. The molecule has 0 aromatic heterocycles. The number of rotatable bonds is 5. The standard InChI is InChI=1S/C18H26N2O6/c1-8(2)6-20-11-5-13(22)12(21)3-9(11)10-4-14-17(26-7-25-14)16(23)15(10)18(19)24/h4,8-9,11-13,20-23H,3,5-7H2,1-2H3,(H2,19,24)/t9?,11?,12-,13?/m0/s1. The van der Waals surface area contributed by atoms with Gasteiger partial charge in [0.2, 0.25) is 12.5 Å². The third-order valence-corrected chi connectivity index (χ3v) is 5.02. The third-order valence-electron chi connectivity index (χ3n) is 5.02. The fourth-order valence-electron chi connectivity index (χ4n) is 3.72. The van der Waals surface area contributed by atoms with Gasteiger partial charge in [-0.1, -0.05) is 13.8 Å². The lowest BCUT2D eigenvalue weighted by molar-refractivity contribution is -0.0258. The van der Waals surface area contributed by atoms with Gasteiger partial charge in [-0.2, -0.15) is 0 Å². The summed E-state index contributed by atoms with van der Waals surface area (Å²) in [7, 11) is 0. The van der Waals surface area contributed by atoms with Crippen LogP contribution in [-0.4, -0.2) is 52.8 Å². The van der Waals surface area contributed by atoms with E-state index in [2.05, 4.69) is 19.2 Å². The van der Waals surface area contributed by atoms with E-state index in [1.54, 1.807) is 6.07 Å². The number of aromatic hydroxyl groups is 1. The predicted molar refractivity (Wildman–Crippen MR) is 93.4 cm³/mol. The van der Waals surface area contributed by atoms with Gasteiger partial charge in [0.25, 0.3) is 5.91 Å². The highest BCUT2D eigenvalue weighted by Gasteiger charge is 2.39. The first-order chi connectivity index (χ1) is 12.3. The van der Waals surface area contributed by atoms with Gasteiger partial charge in [0.1, 0.15) is 0 Å². The number of nitrogens with one attached hydrogen (secondary N) is 1. The molecule has 0 radical (unpaired) electrons. The van der Waals surface area contributed by atoms with Gasteiger partial charge in [0.15, 0.2) is 11.5 Å². The topological polar surface area (TPSA) is 134 Å². The van der Waals surface area contributed by atoms with E-state index >= 15 is 0 Å². The van der Waals surface area contributed by atoms with Crippen molar-refractivity contribution in [1.29, 1.82) is 0 Å². The van der Waals surface area contributed by atoms with Crippen LogP contribution in [0.25, 0.3) is 0 Å². The molecule has 8 heteroatoms. The maximum atomic E-state index is 12.0. The lowest BCUT2D eigenvalue weighted by Gasteiger charge is -2.39. The average molecular weight is 366 g/mol. The van der Waals surface area contributed by atoms with Crippen LogP contribution >= 0.6 is 0 Å². The van der Waals surface area contributed by atoms with Gasteiger partial charge in [-0.3, -0.25) is 4.79 Å². The Balaban J connectivity index is 2.03. The molecular weight excluding hydrogens is 340 g/mol. The molecule has 3 unspecified atom stereocenters. The van der Waals surface area contributed by atoms with E-state index in [4.69, 9.17) is 15.2 Å². The molecule has 4 atom stereocenters. The lowest BCUT2D eigenvalue weighted by Crippen LogP contribution is -2.48. The molecule has 6 N–H and O–H groups in total. The second-order valence-electron chi connectivity index (χ2n) is 7.41. The zero-order valence-electron chi connectivity index (χ0n) is 14.9. The SMILES string of the molecule is CC(C)CNC1CC(O)[C@@H](O)CC1c1cc2c(c(O)c1C(N)=O)OCO2. The maximum absolute atomic E-state index is 12.0. The lowest BCUT2D eigenvalue weighted by atomic mass is 9.75. The Morgan fingerprint density at radius 2 is 2.00 bits per heavy atom. The molecule has 1 amide bonds. The van der Waals surface area contributed by atoms with Crippen molar-refractivity contribution in [3.8, 4) is 17.2 Å². The number of fused-ring (bicyclic) bond motifs is 1. The monoisotopic (exact) mass is 366 g/mol. The summed E-state index contributed by atoms with van der Waals surface area (Å²) >= 11 is 0. The highest BCUT2D eigenvalue weighted by molar-refractivity contribution is 5.99. The Hall–Kier alpha value is -2.03. The van der Waals surface area contributed by atoms with Crippen LogP contribution in [0.3, 0.4) is 0 Å². The van der Waals surface area contributed by atoms with Gasteiger partial charge in [-0.05, 0) is 36.9 Å². The minimum absolute atomic E-state index is 0.0285. The van der Waals surface area contributed by atoms with Crippen LogP contribution in [0.4, 0.5) is 0 Å². The first-order valence-corrected chi connectivity index (χ1v) is 8.84. The average Bonchev–Trinajstić information content (AvgIpc) is 3.03. The summed E-state index contributed by atoms with van der Waals surface area (Å²) in [6, 6.07) is 1.45. The zero-order valence-corrected chi connectivity index (χ0v) is 14.9. The summed E-state index contributed by atoms with van der Waals surface area (Å²) in [5.41, 5.74) is 5.98. The van der Waals surface area contributed by atoms with Crippen LogP contribution in [0.2, 0.25) is 0 Å². The summed E-state index contributed by atoms with van der Waals surface area (Å²) in [5.74, 6) is -0.614. The summed E-state index contributed by atoms with van der Waals surface area (Å²) < 4.78 is 10.6. The number of amides is 1. The number of nitrogens with two attached hydrogens (primary N) is 1. The van der Waals surface area contributed by atoms with E-state index in [1.165, 1.54) is 0 Å². The largest absolute Gasteiger partial charge is 0.504 e. The van der Waals surface area contributed by atoms with E-state index in [-0.39, 0.29) is 42.2 Å². The third kappa shape index (κ3) is 3.44. The molecule has 1 aromatic carbocycles. The summed E-state index contributed by atoms with van der Waals surface area (Å²) in [6.07, 6.45) is -1.22. The normalized spacial score (nSPS) is 27.7. The van der Waals surface area contributed by atoms with Crippen LogP contribution in [0.5, 0.6) is 17.2 Å². The van der Waals surface area contributed by atoms with Gasteiger partial charge in [-0.25, -0.2) is 0 Å². The first-order valence-electron chi connectivity index (χ1n) is 8.84. The number of hydrogen-bond acceptors (Lipinski definition) is 7.